The predicted molar refractivity (Wildman–Crippen MR) is 154 cm³/mol. The molecule has 4 rings (SSSR count). The topological polar surface area (TPSA) is 128 Å². The molecule has 4 aromatic rings. The first-order valence-corrected chi connectivity index (χ1v) is 12.8. The number of carbonyl (C=O) groups is 3. The van der Waals surface area contributed by atoms with Crippen molar-refractivity contribution in [1.82, 2.24) is 25.1 Å². The van der Waals surface area contributed by atoms with Gasteiger partial charge in [0.2, 0.25) is 0 Å². The number of pyridine rings is 3. The Bertz CT molecular complexity index is 1360. The highest BCUT2D eigenvalue weighted by atomic mass is 16.5. The van der Waals surface area contributed by atoms with E-state index in [0.29, 0.717) is 11.4 Å². The van der Waals surface area contributed by atoms with Crippen molar-refractivity contribution in [1.29, 1.82) is 0 Å². The second kappa shape index (κ2) is 14.6. The number of nitrogens with one attached hydrogen (secondary N) is 1. The molecule has 0 aliphatic rings. The normalized spacial score (nSPS) is 10.8. The van der Waals surface area contributed by atoms with Crippen molar-refractivity contribution in [3.63, 3.8) is 0 Å². The molecular formula is C31H37N5O4. The summed E-state index contributed by atoms with van der Waals surface area (Å²) in [6, 6.07) is 18.1. The van der Waals surface area contributed by atoms with Gasteiger partial charge in [-0.25, -0.2) is 9.78 Å². The first-order chi connectivity index (χ1) is 18.8. The van der Waals surface area contributed by atoms with E-state index in [-0.39, 0.29) is 23.4 Å². The van der Waals surface area contributed by atoms with Crippen LogP contribution in [0.25, 0.3) is 11.4 Å². The van der Waals surface area contributed by atoms with Crippen molar-refractivity contribution < 1.29 is 19.1 Å². The quantitative estimate of drug-likeness (QED) is 0.187. The van der Waals surface area contributed by atoms with E-state index in [1.807, 2.05) is 18.2 Å². The molecule has 0 spiro atoms. The van der Waals surface area contributed by atoms with E-state index in [0.717, 1.165) is 17.1 Å². The number of methoxy groups -OCH3 is 1. The number of aromatic amines is 1. The summed E-state index contributed by atoms with van der Waals surface area (Å²) in [5, 5.41) is 7.32. The molecule has 0 saturated carbocycles. The molecule has 0 bridgehead atoms. The maximum Gasteiger partial charge on any atom is 0.356 e. The molecule has 1 N–H and O–H groups in total. The summed E-state index contributed by atoms with van der Waals surface area (Å²) in [5.41, 5.74) is 3.26. The Morgan fingerprint density at radius 1 is 0.750 bits per heavy atom. The number of ketones is 2. The molecule has 40 heavy (non-hydrogen) atoms. The highest BCUT2D eigenvalue weighted by Gasteiger charge is 2.24. The van der Waals surface area contributed by atoms with E-state index in [4.69, 9.17) is 0 Å². The summed E-state index contributed by atoms with van der Waals surface area (Å²) in [6.07, 6.45) is 4.81. The average Bonchev–Trinajstić information content (AvgIpc) is 3.46. The molecule has 0 amide bonds. The smallest absolute Gasteiger partial charge is 0.356 e. The molecule has 0 atom stereocenters. The van der Waals surface area contributed by atoms with Crippen molar-refractivity contribution in [2.45, 2.75) is 53.4 Å². The fraction of sp³-hybridized carbons (Fsp3) is 0.323. The molecule has 0 aliphatic carbocycles. The average molecular weight is 544 g/mol. The van der Waals surface area contributed by atoms with Crippen LogP contribution >= 0.6 is 0 Å². The number of rotatable bonds is 5. The highest BCUT2D eigenvalue weighted by molar-refractivity contribution is 6.08. The van der Waals surface area contributed by atoms with Crippen LogP contribution in [0.4, 0.5) is 0 Å². The van der Waals surface area contributed by atoms with Crippen LogP contribution in [0.1, 0.15) is 74.6 Å². The lowest BCUT2D eigenvalue weighted by Crippen LogP contribution is -2.23. The third kappa shape index (κ3) is 10.3. The molecule has 9 nitrogen and oxygen atoms in total. The molecule has 0 radical (unpaired) electrons. The van der Waals surface area contributed by atoms with Gasteiger partial charge in [-0.3, -0.25) is 24.7 Å². The molecule has 0 unspecified atom stereocenters. The molecule has 0 aliphatic heterocycles. The standard InChI is InChI=1S/C12H15N3.C12H15NO2.C7H7NO2/c1-12(2,3)11-8-10(14-15-11)9-6-4-5-7-13-9;1-12(2,3)11(15)8-10(14)9-6-4-5-7-13-9;1-10-7(9)6-4-2-3-5-8-6/h4-8H,1-3H3,(H,14,15);4-7H,8H2,1-3H3;2-5H,1H3. The van der Waals surface area contributed by atoms with Gasteiger partial charge in [-0.1, -0.05) is 59.7 Å². The number of hydrogen-bond donors (Lipinski definition) is 1. The van der Waals surface area contributed by atoms with Gasteiger partial charge < -0.3 is 4.74 Å². The minimum atomic E-state index is -0.468. The van der Waals surface area contributed by atoms with Crippen molar-refractivity contribution in [3.05, 3.63) is 96.3 Å². The lowest BCUT2D eigenvalue weighted by molar-refractivity contribution is -0.125. The summed E-state index contributed by atoms with van der Waals surface area (Å²) >= 11 is 0. The zero-order valence-corrected chi connectivity index (χ0v) is 24.1. The molecule has 0 aromatic carbocycles. The third-order valence-electron chi connectivity index (χ3n) is 5.48. The summed E-state index contributed by atoms with van der Waals surface area (Å²) in [4.78, 5) is 45.9. The van der Waals surface area contributed by atoms with Gasteiger partial charge in [-0.05, 0) is 42.5 Å². The van der Waals surface area contributed by atoms with Crippen LogP contribution in [-0.2, 0) is 14.9 Å². The van der Waals surface area contributed by atoms with Crippen LogP contribution in [0.5, 0.6) is 0 Å². The Balaban J connectivity index is 0.000000215. The number of ether oxygens (including phenoxy) is 1. The third-order valence-corrected chi connectivity index (χ3v) is 5.48. The van der Waals surface area contributed by atoms with E-state index in [9.17, 15) is 14.4 Å². The fourth-order valence-corrected chi connectivity index (χ4v) is 2.97. The van der Waals surface area contributed by atoms with E-state index in [1.54, 1.807) is 75.8 Å². The van der Waals surface area contributed by atoms with E-state index >= 15 is 0 Å². The van der Waals surface area contributed by atoms with Crippen molar-refractivity contribution >= 4 is 17.5 Å². The molecular weight excluding hydrogens is 506 g/mol. The minimum absolute atomic E-state index is 0.0573. The second-order valence-electron chi connectivity index (χ2n) is 10.8. The van der Waals surface area contributed by atoms with E-state index in [2.05, 4.69) is 56.7 Å². The summed E-state index contributed by atoms with van der Waals surface area (Å²) in [7, 11) is 1.33. The largest absolute Gasteiger partial charge is 0.464 e. The van der Waals surface area contributed by atoms with Gasteiger partial charge in [-0.15, -0.1) is 0 Å². The predicted octanol–water partition coefficient (Wildman–Crippen LogP) is 5.91. The monoisotopic (exact) mass is 543 g/mol. The molecule has 0 fully saturated rings. The van der Waals surface area contributed by atoms with Crippen molar-refractivity contribution in [3.8, 4) is 11.4 Å². The van der Waals surface area contributed by atoms with Gasteiger partial charge in [0.25, 0.3) is 0 Å². The van der Waals surface area contributed by atoms with Crippen LogP contribution in [0.3, 0.4) is 0 Å². The van der Waals surface area contributed by atoms with Crippen LogP contribution in [0, 0.1) is 5.41 Å². The van der Waals surface area contributed by atoms with Crippen LogP contribution in [0.15, 0.2) is 79.3 Å². The zero-order valence-electron chi connectivity index (χ0n) is 24.1. The Labute approximate surface area is 235 Å². The number of nitrogens with zero attached hydrogens (tertiary/aromatic N) is 4. The Morgan fingerprint density at radius 2 is 1.30 bits per heavy atom. The van der Waals surface area contributed by atoms with Crippen LogP contribution in [-0.4, -0.2) is 49.8 Å². The highest BCUT2D eigenvalue weighted by Crippen LogP contribution is 2.23. The Morgan fingerprint density at radius 3 is 1.73 bits per heavy atom. The van der Waals surface area contributed by atoms with Crippen molar-refractivity contribution in [2.24, 2.45) is 5.41 Å². The van der Waals surface area contributed by atoms with Gasteiger partial charge in [0, 0.05) is 35.1 Å². The number of aromatic nitrogens is 5. The minimum Gasteiger partial charge on any atom is -0.464 e. The SMILES string of the molecule is CC(C)(C)C(=O)CC(=O)c1ccccn1.CC(C)(C)c1cc(-c2ccccn2)n[nH]1.COC(=O)c1ccccn1. The van der Waals surface area contributed by atoms with Gasteiger partial charge in [0.05, 0.1) is 19.2 Å². The van der Waals surface area contributed by atoms with Gasteiger partial charge in [0.15, 0.2) is 5.78 Å². The zero-order chi connectivity index (χ0) is 29.8. The molecule has 0 saturated heterocycles. The van der Waals surface area contributed by atoms with Crippen molar-refractivity contribution in [2.75, 3.05) is 7.11 Å². The van der Waals surface area contributed by atoms with Crippen LogP contribution < -0.4 is 0 Å². The first kappa shape index (κ1) is 31.7. The lowest BCUT2D eigenvalue weighted by atomic mass is 9.87. The summed E-state index contributed by atoms with van der Waals surface area (Å²) in [5.74, 6) is -0.672. The first-order valence-electron chi connectivity index (χ1n) is 12.8. The number of hydrogen-bond acceptors (Lipinski definition) is 8. The van der Waals surface area contributed by atoms with Crippen LogP contribution in [0.2, 0.25) is 0 Å². The van der Waals surface area contributed by atoms with Gasteiger partial charge >= 0.3 is 5.97 Å². The second-order valence-corrected chi connectivity index (χ2v) is 10.8. The molecule has 4 aromatic heterocycles. The number of H-pyrrole nitrogens is 1. The maximum absolute atomic E-state index is 11.6. The Hall–Kier alpha value is -4.53. The number of esters is 1. The number of carbonyl (C=O) groups excluding carboxylic acids is 3. The lowest BCUT2D eigenvalue weighted by Gasteiger charge is -2.15. The van der Waals surface area contributed by atoms with Gasteiger partial charge in [-0.2, -0.15) is 5.10 Å². The summed E-state index contributed by atoms with van der Waals surface area (Å²) in [6.45, 7) is 11.9. The van der Waals surface area contributed by atoms with E-state index in [1.165, 1.54) is 7.11 Å². The molecule has 9 heteroatoms. The molecule has 210 valence electrons. The van der Waals surface area contributed by atoms with E-state index < -0.39 is 11.4 Å². The number of Topliss-reactive ketones (excluding diaryl/α,β-unsaturated/α-hetero) is 2. The fourth-order valence-electron chi connectivity index (χ4n) is 2.97. The van der Waals surface area contributed by atoms with Gasteiger partial charge in [0.1, 0.15) is 22.9 Å². The Kier molecular flexibility index (Phi) is 11.5. The molecule has 4 heterocycles. The summed E-state index contributed by atoms with van der Waals surface area (Å²) < 4.78 is 4.43. The maximum atomic E-state index is 11.6.